The van der Waals surface area contributed by atoms with Gasteiger partial charge in [-0.15, -0.1) is 5.10 Å². The second-order valence-corrected chi connectivity index (χ2v) is 3.58. The molecule has 0 unspecified atom stereocenters. The fourth-order valence-corrected chi connectivity index (χ4v) is 1.07. The van der Waals surface area contributed by atoms with Crippen molar-refractivity contribution in [3.63, 3.8) is 0 Å². The third kappa shape index (κ3) is 1.38. The van der Waals surface area contributed by atoms with Crippen molar-refractivity contribution >= 4 is 11.2 Å². The highest BCUT2D eigenvalue weighted by Crippen LogP contribution is 2.15. The van der Waals surface area contributed by atoms with Gasteiger partial charge in [-0.25, -0.2) is 4.98 Å². The van der Waals surface area contributed by atoms with E-state index in [1.54, 1.807) is 6.20 Å². The van der Waals surface area contributed by atoms with Gasteiger partial charge in [-0.3, -0.25) is 0 Å². The molecule has 2 rings (SSSR count). The molecule has 0 amide bonds. The van der Waals surface area contributed by atoms with Crippen molar-refractivity contribution in [1.82, 2.24) is 20.2 Å². The predicted octanol–water partition coefficient (Wildman–Crippen LogP) is 0.547. The number of nitrogens with two attached hydrogens (primary N) is 1. The van der Waals surface area contributed by atoms with Crippen LogP contribution < -0.4 is 5.73 Å². The van der Waals surface area contributed by atoms with Crippen LogP contribution in [-0.4, -0.2) is 20.2 Å². The minimum absolute atomic E-state index is 0.472. The van der Waals surface area contributed by atoms with Gasteiger partial charge in [0.1, 0.15) is 5.82 Å². The maximum absolute atomic E-state index is 5.88. The van der Waals surface area contributed by atoms with Crippen LogP contribution in [0.25, 0.3) is 11.2 Å². The average molecular weight is 177 g/mol. The van der Waals surface area contributed by atoms with Crippen LogP contribution in [0, 0.1) is 0 Å². The first kappa shape index (κ1) is 8.12. The number of nitrogens with zero attached hydrogens (tertiary/aromatic N) is 3. The first-order valence-corrected chi connectivity index (χ1v) is 4.04. The van der Waals surface area contributed by atoms with Gasteiger partial charge in [0.05, 0.1) is 17.3 Å². The fraction of sp³-hybridized carbons (Fsp3) is 0.375. The summed E-state index contributed by atoms with van der Waals surface area (Å²) < 4.78 is 0. The van der Waals surface area contributed by atoms with E-state index in [0.717, 1.165) is 11.3 Å². The Morgan fingerprint density at radius 2 is 2.23 bits per heavy atom. The van der Waals surface area contributed by atoms with Crippen molar-refractivity contribution in [3.05, 3.63) is 18.1 Å². The van der Waals surface area contributed by atoms with Crippen molar-refractivity contribution in [2.45, 2.75) is 19.4 Å². The van der Waals surface area contributed by atoms with Crippen LogP contribution >= 0.6 is 0 Å². The quantitative estimate of drug-likeness (QED) is 0.666. The molecule has 0 radical (unpaired) electrons. The minimum atomic E-state index is -0.472. The van der Waals surface area contributed by atoms with E-state index in [1.807, 2.05) is 19.9 Å². The first-order chi connectivity index (χ1) is 6.07. The zero-order chi connectivity index (χ0) is 9.47. The van der Waals surface area contributed by atoms with Crippen molar-refractivity contribution in [3.8, 4) is 0 Å². The lowest BCUT2D eigenvalue weighted by molar-refractivity contribution is 0.522. The van der Waals surface area contributed by atoms with Gasteiger partial charge in [0.25, 0.3) is 0 Å². The number of nitrogens with one attached hydrogen (secondary N) is 1. The molecule has 0 aliphatic heterocycles. The number of hydrogen-bond donors (Lipinski definition) is 2. The van der Waals surface area contributed by atoms with Crippen LogP contribution in [0.4, 0.5) is 0 Å². The van der Waals surface area contributed by atoms with Crippen LogP contribution in [0.3, 0.4) is 0 Å². The molecule has 2 heterocycles. The number of aromatic amines is 1. The summed E-state index contributed by atoms with van der Waals surface area (Å²) in [5.74, 6) is 0.725. The highest BCUT2D eigenvalue weighted by atomic mass is 15.2. The van der Waals surface area contributed by atoms with Crippen LogP contribution in [0.15, 0.2) is 12.3 Å². The predicted molar refractivity (Wildman–Crippen MR) is 48.9 cm³/mol. The lowest BCUT2D eigenvalue weighted by Gasteiger charge is -2.13. The van der Waals surface area contributed by atoms with E-state index in [4.69, 9.17) is 5.73 Å². The summed E-state index contributed by atoms with van der Waals surface area (Å²) in [6, 6.07) is 1.82. The van der Waals surface area contributed by atoms with E-state index in [1.165, 1.54) is 0 Å². The molecule has 0 saturated heterocycles. The van der Waals surface area contributed by atoms with Crippen LogP contribution in [0.5, 0.6) is 0 Å². The molecule has 0 saturated carbocycles. The smallest absolute Gasteiger partial charge is 0.199 e. The number of rotatable bonds is 1. The maximum Gasteiger partial charge on any atom is 0.199 e. The number of fused-ring (bicyclic) bond motifs is 1. The van der Waals surface area contributed by atoms with E-state index in [0.29, 0.717) is 5.65 Å². The molecular formula is C8H11N5. The molecule has 2 aromatic rings. The molecule has 68 valence electrons. The van der Waals surface area contributed by atoms with E-state index >= 15 is 0 Å². The van der Waals surface area contributed by atoms with Gasteiger partial charge in [-0.2, -0.15) is 5.10 Å². The maximum atomic E-state index is 5.88. The van der Waals surface area contributed by atoms with Gasteiger partial charge in [0.2, 0.25) is 0 Å². The second-order valence-electron chi connectivity index (χ2n) is 3.58. The third-order valence-corrected chi connectivity index (χ3v) is 1.78. The summed E-state index contributed by atoms with van der Waals surface area (Å²) in [4.78, 5) is 7.33. The van der Waals surface area contributed by atoms with Crippen molar-refractivity contribution < 1.29 is 0 Å². The Labute approximate surface area is 75.4 Å². The third-order valence-electron chi connectivity index (χ3n) is 1.78. The van der Waals surface area contributed by atoms with Gasteiger partial charge >= 0.3 is 0 Å². The van der Waals surface area contributed by atoms with Gasteiger partial charge in [-0.05, 0) is 19.9 Å². The lowest BCUT2D eigenvalue weighted by atomic mass is 10.1. The molecule has 5 heteroatoms. The molecule has 0 bridgehead atoms. The van der Waals surface area contributed by atoms with E-state index < -0.39 is 5.54 Å². The second kappa shape index (κ2) is 2.50. The highest BCUT2D eigenvalue weighted by Gasteiger charge is 2.18. The fourth-order valence-electron chi connectivity index (χ4n) is 1.07. The Balaban J connectivity index is 2.63. The Morgan fingerprint density at radius 1 is 1.46 bits per heavy atom. The Kier molecular flexibility index (Phi) is 1.56. The molecule has 0 fully saturated rings. The molecule has 2 aromatic heterocycles. The van der Waals surface area contributed by atoms with Gasteiger partial charge in [-0.1, -0.05) is 0 Å². The summed E-state index contributed by atoms with van der Waals surface area (Å²) in [6.45, 7) is 3.77. The van der Waals surface area contributed by atoms with Crippen molar-refractivity contribution in [1.29, 1.82) is 0 Å². The van der Waals surface area contributed by atoms with Crippen LogP contribution in [-0.2, 0) is 5.54 Å². The normalized spacial score (nSPS) is 12.2. The number of aromatic nitrogens is 4. The summed E-state index contributed by atoms with van der Waals surface area (Å²) >= 11 is 0. The molecular weight excluding hydrogens is 166 g/mol. The van der Waals surface area contributed by atoms with Crippen LogP contribution in [0.2, 0.25) is 0 Å². The Morgan fingerprint density at radius 3 is 2.85 bits per heavy atom. The molecule has 0 aromatic carbocycles. The van der Waals surface area contributed by atoms with Crippen LogP contribution in [0.1, 0.15) is 19.7 Å². The molecule has 0 aliphatic rings. The summed E-state index contributed by atoms with van der Waals surface area (Å²) in [5, 5.41) is 7.60. The number of hydrogen-bond acceptors (Lipinski definition) is 4. The number of imidazole rings is 1. The number of H-pyrrole nitrogens is 1. The molecule has 13 heavy (non-hydrogen) atoms. The molecule has 0 atom stereocenters. The van der Waals surface area contributed by atoms with Gasteiger partial charge in [0.15, 0.2) is 5.65 Å². The zero-order valence-corrected chi connectivity index (χ0v) is 7.57. The SMILES string of the molecule is CC(C)(N)c1nc2nnccc2[nH]1. The molecule has 0 spiro atoms. The van der Waals surface area contributed by atoms with Gasteiger partial charge in [0, 0.05) is 0 Å². The Bertz CT molecular complexity index is 392. The average Bonchev–Trinajstić information content (AvgIpc) is 2.45. The Hall–Kier alpha value is -1.49. The summed E-state index contributed by atoms with van der Waals surface area (Å²) in [5.41, 5.74) is 6.88. The van der Waals surface area contributed by atoms with E-state index in [9.17, 15) is 0 Å². The largest absolute Gasteiger partial charge is 0.339 e. The molecule has 5 nitrogen and oxygen atoms in total. The van der Waals surface area contributed by atoms with E-state index in [-0.39, 0.29) is 0 Å². The molecule has 3 N–H and O–H groups in total. The standard InChI is InChI=1S/C8H11N5/c1-8(2,9)7-11-5-3-4-10-13-6(5)12-7/h3-4H,9H2,1-2H3,(H,11,12,13). The monoisotopic (exact) mass is 177 g/mol. The lowest BCUT2D eigenvalue weighted by Crippen LogP contribution is -2.30. The molecule has 0 aliphatic carbocycles. The zero-order valence-electron chi connectivity index (χ0n) is 7.57. The van der Waals surface area contributed by atoms with E-state index in [2.05, 4.69) is 20.2 Å². The summed E-state index contributed by atoms with van der Waals surface area (Å²) in [6.07, 6.45) is 1.62. The summed E-state index contributed by atoms with van der Waals surface area (Å²) in [7, 11) is 0. The van der Waals surface area contributed by atoms with Gasteiger partial charge < -0.3 is 10.7 Å². The minimum Gasteiger partial charge on any atom is -0.339 e. The van der Waals surface area contributed by atoms with Crippen molar-refractivity contribution in [2.24, 2.45) is 5.73 Å². The highest BCUT2D eigenvalue weighted by molar-refractivity contribution is 5.69. The topological polar surface area (TPSA) is 80.5 Å². The first-order valence-electron chi connectivity index (χ1n) is 4.04. The van der Waals surface area contributed by atoms with Crippen molar-refractivity contribution in [2.75, 3.05) is 0 Å².